The Balaban J connectivity index is 4.30. The lowest BCUT2D eigenvalue weighted by Crippen LogP contribution is -2.51. The topological polar surface area (TPSA) is 89.8 Å². The lowest BCUT2D eigenvalue weighted by Gasteiger charge is -2.35. The van der Waals surface area contributed by atoms with Crippen LogP contribution in [0.1, 0.15) is 58.3 Å². The van der Waals surface area contributed by atoms with Gasteiger partial charge in [-0.2, -0.15) is 0 Å². The van der Waals surface area contributed by atoms with Gasteiger partial charge in [0.1, 0.15) is 5.41 Å². The monoisotopic (exact) mass is 303 g/mol. The largest absolute Gasteiger partial charge is 0.396 e. The van der Waals surface area contributed by atoms with Crippen LogP contribution in [-0.4, -0.2) is 48.1 Å². The van der Waals surface area contributed by atoms with Gasteiger partial charge in [0, 0.05) is 19.6 Å². The van der Waals surface area contributed by atoms with Gasteiger partial charge < -0.3 is 20.6 Å². The van der Waals surface area contributed by atoms with Gasteiger partial charge in [-0.3, -0.25) is 4.79 Å². The van der Waals surface area contributed by atoms with Crippen LogP contribution in [0.3, 0.4) is 0 Å². The van der Waals surface area contributed by atoms with E-state index < -0.39 is 30.5 Å². The third-order valence-electron chi connectivity index (χ3n) is 4.40. The van der Waals surface area contributed by atoms with E-state index in [-0.39, 0.29) is 6.61 Å². The number of aliphatic hydroxyl groups excluding tert-OH is 3. The van der Waals surface area contributed by atoms with Crippen LogP contribution in [0.5, 0.6) is 0 Å². The van der Waals surface area contributed by atoms with Gasteiger partial charge in [0.05, 0.1) is 13.2 Å². The number of nitrogens with one attached hydrogen (secondary N) is 1. The molecule has 0 aliphatic heterocycles. The first-order chi connectivity index (χ1) is 10.1. The molecule has 0 saturated carbocycles. The molecule has 5 heteroatoms. The lowest BCUT2D eigenvalue weighted by atomic mass is 9.73. The maximum atomic E-state index is 12.0. The minimum atomic E-state index is -1.29. The van der Waals surface area contributed by atoms with Crippen molar-refractivity contribution in [3.05, 3.63) is 0 Å². The first-order valence-electron chi connectivity index (χ1n) is 8.17. The number of carbonyl (C=O) groups is 1. The molecule has 0 heterocycles. The van der Waals surface area contributed by atoms with Crippen molar-refractivity contribution in [2.75, 3.05) is 26.9 Å². The van der Waals surface area contributed by atoms with Crippen molar-refractivity contribution in [2.45, 2.75) is 58.3 Å². The van der Waals surface area contributed by atoms with E-state index in [0.717, 1.165) is 19.3 Å². The van der Waals surface area contributed by atoms with E-state index in [9.17, 15) is 20.1 Å². The van der Waals surface area contributed by atoms with Crippen molar-refractivity contribution >= 4 is 5.91 Å². The third-order valence-corrected chi connectivity index (χ3v) is 4.40. The van der Waals surface area contributed by atoms with Crippen molar-refractivity contribution in [3.8, 4) is 0 Å². The van der Waals surface area contributed by atoms with Gasteiger partial charge in [0.15, 0.2) is 0 Å². The molecular weight excluding hydrogens is 270 g/mol. The number of hydrogen-bond acceptors (Lipinski definition) is 4. The second kappa shape index (κ2) is 12.0. The van der Waals surface area contributed by atoms with Crippen LogP contribution in [0.4, 0.5) is 0 Å². The van der Waals surface area contributed by atoms with Crippen LogP contribution in [0.25, 0.3) is 0 Å². The zero-order valence-corrected chi connectivity index (χ0v) is 13.6. The summed E-state index contributed by atoms with van der Waals surface area (Å²) in [5.41, 5.74) is -1.29. The standard InChI is InChI=1S/C16H33NO4/c1-3-4-5-6-7-8-9-10-14(11-18)16(12-19,13-20)15(21)17-2/h14,18-20H,3-13H2,1-2H3,(H,17,21). The Morgan fingerprint density at radius 1 is 1.00 bits per heavy atom. The SMILES string of the molecule is CCCCCCCCCC(CO)C(CO)(CO)C(=O)NC. The second-order valence-corrected chi connectivity index (χ2v) is 5.84. The zero-order valence-electron chi connectivity index (χ0n) is 13.6. The average Bonchev–Trinajstić information content (AvgIpc) is 2.52. The van der Waals surface area contributed by atoms with Crippen LogP contribution in [0.2, 0.25) is 0 Å². The van der Waals surface area contributed by atoms with Gasteiger partial charge in [-0.25, -0.2) is 0 Å². The number of hydrogen-bond donors (Lipinski definition) is 4. The molecule has 0 aliphatic carbocycles. The normalized spacial score (nSPS) is 13.2. The van der Waals surface area contributed by atoms with Crippen molar-refractivity contribution in [2.24, 2.45) is 11.3 Å². The summed E-state index contributed by atoms with van der Waals surface area (Å²) in [5, 5.41) is 31.1. The molecule has 0 fully saturated rings. The number of rotatable bonds is 13. The van der Waals surface area contributed by atoms with E-state index >= 15 is 0 Å². The Hall–Kier alpha value is -0.650. The highest BCUT2D eigenvalue weighted by Crippen LogP contribution is 2.31. The van der Waals surface area contributed by atoms with Gasteiger partial charge in [-0.05, 0) is 6.42 Å². The summed E-state index contributed by atoms with van der Waals surface area (Å²) in [5.74, 6) is -0.822. The van der Waals surface area contributed by atoms with E-state index in [1.165, 1.54) is 32.7 Å². The fraction of sp³-hybridized carbons (Fsp3) is 0.938. The van der Waals surface area contributed by atoms with E-state index in [2.05, 4.69) is 12.2 Å². The number of amides is 1. The number of carbonyl (C=O) groups excluding carboxylic acids is 1. The lowest BCUT2D eigenvalue weighted by molar-refractivity contribution is -0.143. The first-order valence-corrected chi connectivity index (χ1v) is 8.17. The molecule has 0 radical (unpaired) electrons. The van der Waals surface area contributed by atoms with E-state index in [1.807, 2.05) is 0 Å². The maximum Gasteiger partial charge on any atom is 0.231 e. The fourth-order valence-corrected chi connectivity index (χ4v) is 2.78. The summed E-state index contributed by atoms with van der Waals surface area (Å²) in [6, 6.07) is 0. The van der Waals surface area contributed by atoms with Gasteiger partial charge in [0.2, 0.25) is 5.91 Å². The summed E-state index contributed by atoms with van der Waals surface area (Å²) < 4.78 is 0. The molecule has 0 aliphatic rings. The fourth-order valence-electron chi connectivity index (χ4n) is 2.78. The predicted molar refractivity (Wildman–Crippen MR) is 83.9 cm³/mol. The Bertz CT molecular complexity index is 267. The number of unbranched alkanes of at least 4 members (excludes halogenated alkanes) is 6. The molecular formula is C16H33NO4. The molecule has 1 amide bonds. The quantitative estimate of drug-likeness (QED) is 0.388. The summed E-state index contributed by atoms with van der Waals surface area (Å²) >= 11 is 0. The second-order valence-electron chi connectivity index (χ2n) is 5.84. The van der Waals surface area contributed by atoms with E-state index in [1.54, 1.807) is 0 Å². The molecule has 0 aromatic carbocycles. The maximum absolute atomic E-state index is 12.0. The van der Waals surface area contributed by atoms with Crippen LogP contribution in [-0.2, 0) is 4.79 Å². The van der Waals surface area contributed by atoms with E-state index in [0.29, 0.717) is 6.42 Å². The molecule has 0 saturated heterocycles. The third kappa shape index (κ3) is 6.32. The molecule has 1 atom stereocenters. The van der Waals surface area contributed by atoms with Crippen LogP contribution in [0, 0.1) is 11.3 Å². The molecule has 0 spiro atoms. The number of aliphatic hydroxyl groups is 3. The Morgan fingerprint density at radius 2 is 1.52 bits per heavy atom. The van der Waals surface area contributed by atoms with Gasteiger partial charge >= 0.3 is 0 Å². The highest BCUT2D eigenvalue weighted by Gasteiger charge is 2.43. The molecule has 126 valence electrons. The first kappa shape index (κ1) is 20.3. The summed E-state index contributed by atoms with van der Waals surface area (Å²) in [6.45, 7) is 1.08. The van der Waals surface area contributed by atoms with Gasteiger partial charge in [0.25, 0.3) is 0 Å². The summed E-state index contributed by atoms with van der Waals surface area (Å²) in [7, 11) is 1.48. The van der Waals surface area contributed by atoms with Crippen LogP contribution in [0.15, 0.2) is 0 Å². The van der Waals surface area contributed by atoms with Gasteiger partial charge in [-0.15, -0.1) is 0 Å². The molecule has 0 bridgehead atoms. The molecule has 1 unspecified atom stereocenters. The minimum Gasteiger partial charge on any atom is -0.396 e. The van der Waals surface area contributed by atoms with Gasteiger partial charge in [-0.1, -0.05) is 51.9 Å². The minimum absolute atomic E-state index is 0.204. The van der Waals surface area contributed by atoms with Crippen LogP contribution < -0.4 is 5.32 Å². The summed E-state index contributed by atoms with van der Waals surface area (Å²) in [4.78, 5) is 12.0. The molecule has 4 N–H and O–H groups in total. The molecule has 5 nitrogen and oxygen atoms in total. The zero-order chi connectivity index (χ0) is 16.1. The smallest absolute Gasteiger partial charge is 0.231 e. The summed E-state index contributed by atoms with van der Waals surface area (Å²) in [6.07, 6.45) is 8.73. The predicted octanol–water partition coefficient (Wildman–Crippen LogP) is 1.45. The molecule has 0 rings (SSSR count). The van der Waals surface area contributed by atoms with E-state index in [4.69, 9.17) is 0 Å². The van der Waals surface area contributed by atoms with Crippen molar-refractivity contribution < 1.29 is 20.1 Å². The molecule has 0 aromatic rings. The Labute approximate surface area is 128 Å². The van der Waals surface area contributed by atoms with Crippen molar-refractivity contribution in [1.29, 1.82) is 0 Å². The molecule has 0 aromatic heterocycles. The average molecular weight is 303 g/mol. The highest BCUT2D eigenvalue weighted by atomic mass is 16.3. The van der Waals surface area contributed by atoms with Crippen LogP contribution >= 0.6 is 0 Å². The van der Waals surface area contributed by atoms with Crippen molar-refractivity contribution in [3.63, 3.8) is 0 Å². The Morgan fingerprint density at radius 3 is 1.95 bits per heavy atom. The molecule has 21 heavy (non-hydrogen) atoms. The Kier molecular flexibility index (Phi) is 11.6. The van der Waals surface area contributed by atoms with Crippen molar-refractivity contribution in [1.82, 2.24) is 5.32 Å². The highest BCUT2D eigenvalue weighted by molar-refractivity contribution is 5.83.